The summed E-state index contributed by atoms with van der Waals surface area (Å²) < 4.78 is 0. The molecule has 0 spiro atoms. The molecule has 1 saturated heterocycles. The fourth-order valence-electron chi connectivity index (χ4n) is 2.75. The van der Waals surface area contributed by atoms with Crippen LogP contribution in [0.4, 0.5) is 0 Å². The third-order valence-corrected chi connectivity index (χ3v) is 5.26. The van der Waals surface area contributed by atoms with E-state index in [1.165, 1.54) is 6.42 Å². The highest BCUT2D eigenvalue weighted by molar-refractivity contribution is 7.17. The maximum atomic E-state index is 12.6. The molecule has 1 aliphatic heterocycles. The van der Waals surface area contributed by atoms with Gasteiger partial charge in [-0.15, -0.1) is 11.3 Å². The van der Waals surface area contributed by atoms with Gasteiger partial charge in [-0.1, -0.05) is 30.7 Å². The van der Waals surface area contributed by atoms with Gasteiger partial charge in [-0.2, -0.15) is 0 Å². The Kier molecular flexibility index (Phi) is 4.32. The van der Waals surface area contributed by atoms with E-state index in [0.29, 0.717) is 5.92 Å². The van der Waals surface area contributed by atoms with E-state index in [1.807, 2.05) is 41.3 Å². The van der Waals surface area contributed by atoms with Crippen molar-refractivity contribution in [3.8, 4) is 10.4 Å². The van der Waals surface area contributed by atoms with E-state index in [1.54, 1.807) is 11.3 Å². The first kappa shape index (κ1) is 14.6. The topological polar surface area (TPSA) is 20.3 Å². The average molecular weight is 320 g/mol. The number of hydrogen-bond acceptors (Lipinski definition) is 2. The summed E-state index contributed by atoms with van der Waals surface area (Å²) in [6.07, 6.45) is 2.34. The highest BCUT2D eigenvalue weighted by atomic mass is 35.5. The zero-order valence-electron chi connectivity index (χ0n) is 12.0. The number of benzene rings is 1. The Morgan fingerprint density at radius 3 is 2.71 bits per heavy atom. The Balaban J connectivity index is 1.78. The second-order valence-electron chi connectivity index (χ2n) is 5.67. The first-order valence-corrected chi connectivity index (χ1v) is 8.48. The number of carbonyl (C=O) groups excluding carboxylic acids is 1. The number of halogens is 1. The first-order chi connectivity index (χ1) is 10.1. The molecule has 1 unspecified atom stereocenters. The minimum absolute atomic E-state index is 0.173. The van der Waals surface area contributed by atoms with E-state index < -0.39 is 0 Å². The maximum absolute atomic E-state index is 12.6. The van der Waals surface area contributed by atoms with Crippen molar-refractivity contribution in [3.63, 3.8) is 0 Å². The predicted molar refractivity (Wildman–Crippen MR) is 89.1 cm³/mol. The second kappa shape index (κ2) is 6.20. The monoisotopic (exact) mass is 319 g/mol. The van der Waals surface area contributed by atoms with Gasteiger partial charge in [-0.3, -0.25) is 4.79 Å². The second-order valence-corrected chi connectivity index (χ2v) is 7.19. The van der Waals surface area contributed by atoms with E-state index >= 15 is 0 Å². The summed E-state index contributed by atoms with van der Waals surface area (Å²) >= 11 is 7.47. The molecule has 3 rings (SSSR count). The van der Waals surface area contributed by atoms with Crippen LogP contribution in [0.5, 0.6) is 0 Å². The summed E-state index contributed by atoms with van der Waals surface area (Å²) in [6, 6.07) is 11.7. The molecular formula is C17H18ClNOS. The molecule has 2 aromatic rings. The van der Waals surface area contributed by atoms with Crippen LogP contribution in [0.15, 0.2) is 36.4 Å². The number of rotatable bonds is 2. The molecule has 4 heteroatoms. The molecule has 1 aromatic carbocycles. The van der Waals surface area contributed by atoms with Gasteiger partial charge in [-0.25, -0.2) is 0 Å². The van der Waals surface area contributed by atoms with Crippen LogP contribution in [-0.4, -0.2) is 23.9 Å². The van der Waals surface area contributed by atoms with Gasteiger partial charge < -0.3 is 4.90 Å². The third-order valence-electron chi connectivity index (χ3n) is 3.89. The highest BCUT2D eigenvalue weighted by Gasteiger charge is 2.23. The molecule has 2 heterocycles. The van der Waals surface area contributed by atoms with E-state index in [2.05, 4.69) is 6.92 Å². The van der Waals surface area contributed by atoms with Crippen LogP contribution >= 0.6 is 22.9 Å². The highest BCUT2D eigenvalue weighted by Crippen LogP contribution is 2.30. The van der Waals surface area contributed by atoms with Gasteiger partial charge in [0.15, 0.2) is 0 Å². The third kappa shape index (κ3) is 3.30. The van der Waals surface area contributed by atoms with Crippen LogP contribution in [0.3, 0.4) is 0 Å². The van der Waals surface area contributed by atoms with Crippen molar-refractivity contribution < 1.29 is 4.79 Å². The van der Waals surface area contributed by atoms with Gasteiger partial charge in [0.25, 0.3) is 5.91 Å². The molecule has 1 amide bonds. The number of piperidine rings is 1. The zero-order chi connectivity index (χ0) is 14.8. The lowest BCUT2D eigenvalue weighted by Gasteiger charge is -2.30. The summed E-state index contributed by atoms with van der Waals surface area (Å²) in [7, 11) is 0. The molecule has 2 nitrogen and oxygen atoms in total. The molecule has 1 atom stereocenters. The van der Waals surface area contributed by atoms with Crippen LogP contribution in [0.2, 0.25) is 5.02 Å². The molecule has 0 radical (unpaired) electrons. The largest absolute Gasteiger partial charge is 0.338 e. The summed E-state index contributed by atoms with van der Waals surface area (Å²) in [5.41, 5.74) is 1.11. The predicted octanol–water partition coefficient (Wildman–Crippen LogP) is 4.94. The summed E-state index contributed by atoms with van der Waals surface area (Å²) in [5, 5.41) is 0.730. The van der Waals surface area contributed by atoms with Crippen molar-refractivity contribution in [2.75, 3.05) is 13.1 Å². The smallest absolute Gasteiger partial charge is 0.263 e. The quantitative estimate of drug-likeness (QED) is 0.767. The van der Waals surface area contributed by atoms with Crippen LogP contribution in [0.25, 0.3) is 10.4 Å². The van der Waals surface area contributed by atoms with E-state index in [-0.39, 0.29) is 5.91 Å². The Morgan fingerprint density at radius 2 is 2.00 bits per heavy atom. The van der Waals surface area contributed by atoms with Crippen LogP contribution in [-0.2, 0) is 0 Å². The standard InChI is InChI=1S/C17H18ClNOS/c1-12-3-2-10-19(11-12)17(20)16-9-8-15(21-16)13-4-6-14(18)7-5-13/h4-9,12H,2-3,10-11H2,1H3. The van der Waals surface area contributed by atoms with Crippen molar-refractivity contribution in [2.24, 2.45) is 5.92 Å². The van der Waals surface area contributed by atoms with Crippen LogP contribution < -0.4 is 0 Å². The van der Waals surface area contributed by atoms with E-state index in [4.69, 9.17) is 11.6 Å². The number of nitrogens with zero attached hydrogens (tertiary/aromatic N) is 1. The molecule has 21 heavy (non-hydrogen) atoms. The summed E-state index contributed by atoms with van der Waals surface area (Å²) in [5.74, 6) is 0.783. The van der Waals surface area contributed by atoms with E-state index in [9.17, 15) is 4.79 Å². The molecule has 1 aliphatic rings. The van der Waals surface area contributed by atoms with Crippen LogP contribution in [0, 0.1) is 5.92 Å². The van der Waals surface area contributed by atoms with Crippen molar-refractivity contribution in [2.45, 2.75) is 19.8 Å². The Labute approximate surface area is 134 Å². The normalized spacial score (nSPS) is 18.8. The Hall–Kier alpha value is -1.32. The molecule has 110 valence electrons. The number of amides is 1. The van der Waals surface area contributed by atoms with Crippen molar-refractivity contribution >= 4 is 28.8 Å². The number of thiophene rings is 1. The van der Waals surface area contributed by atoms with Gasteiger partial charge in [0.05, 0.1) is 4.88 Å². The first-order valence-electron chi connectivity index (χ1n) is 7.28. The molecule has 0 saturated carbocycles. The lowest BCUT2D eigenvalue weighted by atomic mass is 10.0. The van der Waals surface area contributed by atoms with Crippen molar-refractivity contribution in [1.82, 2.24) is 4.90 Å². The van der Waals surface area contributed by atoms with Crippen molar-refractivity contribution in [1.29, 1.82) is 0 Å². The van der Waals surface area contributed by atoms with Gasteiger partial charge in [0, 0.05) is 23.0 Å². The van der Waals surface area contributed by atoms with Gasteiger partial charge >= 0.3 is 0 Å². The van der Waals surface area contributed by atoms with Gasteiger partial charge in [0.1, 0.15) is 0 Å². The summed E-state index contributed by atoms with van der Waals surface area (Å²) in [6.45, 7) is 3.98. The molecule has 1 aromatic heterocycles. The lowest BCUT2D eigenvalue weighted by molar-refractivity contribution is 0.0688. The Morgan fingerprint density at radius 1 is 1.24 bits per heavy atom. The summed E-state index contributed by atoms with van der Waals surface area (Å²) in [4.78, 5) is 16.5. The molecule has 0 N–H and O–H groups in total. The minimum Gasteiger partial charge on any atom is -0.338 e. The lowest BCUT2D eigenvalue weighted by Crippen LogP contribution is -2.38. The fraction of sp³-hybridized carbons (Fsp3) is 0.353. The molecular weight excluding hydrogens is 302 g/mol. The zero-order valence-corrected chi connectivity index (χ0v) is 13.6. The van der Waals surface area contributed by atoms with Crippen LogP contribution in [0.1, 0.15) is 29.4 Å². The molecule has 0 aliphatic carbocycles. The van der Waals surface area contributed by atoms with Gasteiger partial charge in [0.2, 0.25) is 0 Å². The number of hydrogen-bond donors (Lipinski definition) is 0. The minimum atomic E-state index is 0.173. The fourth-order valence-corrected chi connectivity index (χ4v) is 3.86. The van der Waals surface area contributed by atoms with Gasteiger partial charge in [-0.05, 0) is 48.6 Å². The average Bonchev–Trinajstić information content (AvgIpc) is 2.97. The van der Waals surface area contributed by atoms with E-state index in [0.717, 1.165) is 39.9 Å². The SMILES string of the molecule is CC1CCCN(C(=O)c2ccc(-c3ccc(Cl)cc3)s2)C1. The number of carbonyl (C=O) groups is 1. The molecule has 1 fully saturated rings. The van der Waals surface area contributed by atoms with Crippen molar-refractivity contribution in [3.05, 3.63) is 46.3 Å². The Bertz CT molecular complexity index is 634. The molecule has 0 bridgehead atoms. The maximum Gasteiger partial charge on any atom is 0.263 e. The number of likely N-dealkylation sites (tertiary alicyclic amines) is 1.